The number of nitrogens with two attached hydrogens (primary N) is 1. The first-order chi connectivity index (χ1) is 9.02. The number of amides is 1. The molecule has 0 aliphatic carbocycles. The van der Waals surface area contributed by atoms with E-state index in [0.29, 0.717) is 17.1 Å². The molecule has 1 aromatic heterocycles. The number of hydrogen-bond acceptors (Lipinski definition) is 3. The largest absolute Gasteiger partial charge is 0.395 e. The molecule has 0 atom stereocenters. The van der Waals surface area contributed by atoms with Crippen LogP contribution in [-0.2, 0) is 13.5 Å². The molecule has 0 bridgehead atoms. The van der Waals surface area contributed by atoms with Crippen LogP contribution in [0.1, 0.15) is 28.7 Å². The second-order valence-corrected chi connectivity index (χ2v) is 4.48. The van der Waals surface area contributed by atoms with Crippen molar-refractivity contribution in [1.29, 1.82) is 0 Å². The van der Waals surface area contributed by atoms with Crippen LogP contribution in [0.15, 0.2) is 24.3 Å². The summed E-state index contributed by atoms with van der Waals surface area (Å²) >= 11 is 0. The van der Waals surface area contributed by atoms with Gasteiger partial charge in [0.05, 0.1) is 11.4 Å². The summed E-state index contributed by atoms with van der Waals surface area (Å²) in [4.78, 5) is 12.2. The highest BCUT2D eigenvalue weighted by molar-refractivity contribution is 6.06. The minimum Gasteiger partial charge on any atom is -0.395 e. The van der Waals surface area contributed by atoms with Crippen LogP contribution in [0.4, 0.5) is 11.4 Å². The Bertz CT molecular complexity index is 599. The Morgan fingerprint density at radius 1 is 1.37 bits per heavy atom. The molecule has 1 heterocycles. The van der Waals surface area contributed by atoms with Crippen molar-refractivity contribution in [3.63, 3.8) is 0 Å². The van der Waals surface area contributed by atoms with Crippen molar-refractivity contribution in [2.75, 3.05) is 11.1 Å². The Balaban J connectivity index is 2.20. The molecule has 3 N–H and O–H groups in total. The van der Waals surface area contributed by atoms with Crippen molar-refractivity contribution in [3.8, 4) is 0 Å². The summed E-state index contributed by atoms with van der Waals surface area (Å²) in [6, 6.07) is 7.76. The number of nitrogens with one attached hydrogen (secondary N) is 1. The Labute approximate surface area is 112 Å². The number of anilines is 2. The second kappa shape index (κ2) is 5.14. The first kappa shape index (κ1) is 13.1. The molecule has 0 fully saturated rings. The number of hydrogen-bond donors (Lipinski definition) is 2. The first-order valence-corrected chi connectivity index (χ1v) is 6.22. The first-order valence-electron chi connectivity index (χ1n) is 6.22. The van der Waals surface area contributed by atoms with Gasteiger partial charge in [0.2, 0.25) is 0 Å². The topological polar surface area (TPSA) is 72.9 Å². The fourth-order valence-electron chi connectivity index (χ4n) is 1.96. The van der Waals surface area contributed by atoms with Gasteiger partial charge in [-0.1, -0.05) is 19.1 Å². The number of aryl methyl sites for hydroxylation is 3. The Hall–Kier alpha value is -2.30. The van der Waals surface area contributed by atoms with Gasteiger partial charge in [-0.05, 0) is 31.0 Å². The maximum absolute atomic E-state index is 12.2. The van der Waals surface area contributed by atoms with E-state index in [0.717, 1.165) is 12.1 Å². The third-order valence-corrected chi connectivity index (χ3v) is 3.10. The number of carbonyl (C=O) groups excluding carboxylic acids is 1. The molecule has 2 aromatic rings. The average Bonchev–Trinajstić information content (AvgIpc) is 2.64. The van der Waals surface area contributed by atoms with E-state index in [-0.39, 0.29) is 5.91 Å². The molecular formula is C14H18N4O. The zero-order valence-corrected chi connectivity index (χ0v) is 11.4. The number of benzene rings is 1. The van der Waals surface area contributed by atoms with Crippen molar-refractivity contribution in [2.24, 2.45) is 7.05 Å². The van der Waals surface area contributed by atoms with Crippen LogP contribution in [0.5, 0.6) is 0 Å². The highest BCUT2D eigenvalue weighted by Crippen LogP contribution is 2.17. The van der Waals surface area contributed by atoms with Crippen molar-refractivity contribution in [3.05, 3.63) is 41.2 Å². The van der Waals surface area contributed by atoms with Gasteiger partial charge in [0.1, 0.15) is 5.69 Å². The molecule has 0 saturated heterocycles. The average molecular weight is 258 g/mol. The SMILES string of the molecule is CCc1ccc(NC(=O)c2c(N)c(C)nn2C)cc1. The summed E-state index contributed by atoms with van der Waals surface area (Å²) in [6.07, 6.45) is 0.974. The third kappa shape index (κ3) is 2.59. The lowest BCUT2D eigenvalue weighted by atomic mass is 10.1. The quantitative estimate of drug-likeness (QED) is 0.885. The number of nitrogen functional groups attached to an aromatic ring is 1. The number of carbonyl (C=O) groups is 1. The highest BCUT2D eigenvalue weighted by Gasteiger charge is 2.17. The molecule has 0 radical (unpaired) electrons. The third-order valence-electron chi connectivity index (χ3n) is 3.10. The molecule has 0 aliphatic heterocycles. The monoisotopic (exact) mass is 258 g/mol. The summed E-state index contributed by atoms with van der Waals surface area (Å²) in [7, 11) is 1.71. The Morgan fingerprint density at radius 3 is 2.47 bits per heavy atom. The van der Waals surface area contributed by atoms with Gasteiger partial charge in [-0.25, -0.2) is 0 Å². The van der Waals surface area contributed by atoms with Crippen molar-refractivity contribution in [2.45, 2.75) is 20.3 Å². The molecule has 0 saturated carbocycles. The standard InChI is InChI=1S/C14H18N4O/c1-4-10-5-7-11(8-6-10)16-14(19)13-12(15)9(2)17-18(13)3/h5-8H,4,15H2,1-3H3,(H,16,19). The lowest BCUT2D eigenvalue weighted by Gasteiger charge is -2.07. The Morgan fingerprint density at radius 2 is 2.00 bits per heavy atom. The fourth-order valence-corrected chi connectivity index (χ4v) is 1.96. The number of aromatic nitrogens is 2. The molecule has 19 heavy (non-hydrogen) atoms. The van der Waals surface area contributed by atoms with Gasteiger partial charge in [0.15, 0.2) is 0 Å². The van der Waals surface area contributed by atoms with Crippen LogP contribution >= 0.6 is 0 Å². The van der Waals surface area contributed by atoms with Crippen LogP contribution < -0.4 is 11.1 Å². The van der Waals surface area contributed by atoms with Gasteiger partial charge in [-0.2, -0.15) is 5.10 Å². The van der Waals surface area contributed by atoms with Crippen LogP contribution in [0.2, 0.25) is 0 Å². The van der Waals surface area contributed by atoms with Gasteiger partial charge in [-0.3, -0.25) is 9.48 Å². The second-order valence-electron chi connectivity index (χ2n) is 4.48. The van der Waals surface area contributed by atoms with E-state index < -0.39 is 0 Å². The summed E-state index contributed by atoms with van der Waals surface area (Å²) < 4.78 is 1.50. The fraction of sp³-hybridized carbons (Fsp3) is 0.286. The summed E-state index contributed by atoms with van der Waals surface area (Å²) in [5, 5.41) is 6.96. The van der Waals surface area contributed by atoms with E-state index in [1.165, 1.54) is 10.2 Å². The molecular weight excluding hydrogens is 240 g/mol. The van der Waals surface area contributed by atoms with Crippen molar-refractivity contribution in [1.82, 2.24) is 9.78 Å². The van der Waals surface area contributed by atoms with E-state index in [9.17, 15) is 4.79 Å². The lowest BCUT2D eigenvalue weighted by molar-refractivity contribution is 0.101. The van der Waals surface area contributed by atoms with Gasteiger partial charge in [-0.15, -0.1) is 0 Å². The van der Waals surface area contributed by atoms with Gasteiger partial charge >= 0.3 is 0 Å². The highest BCUT2D eigenvalue weighted by atomic mass is 16.2. The predicted octanol–water partition coefficient (Wildman–Crippen LogP) is 2.13. The number of rotatable bonds is 3. The summed E-state index contributed by atoms with van der Waals surface area (Å²) in [5.74, 6) is -0.246. The maximum atomic E-state index is 12.2. The van der Waals surface area contributed by atoms with Crippen LogP contribution in [0.25, 0.3) is 0 Å². The van der Waals surface area contributed by atoms with Gasteiger partial charge in [0, 0.05) is 12.7 Å². The Kier molecular flexibility index (Phi) is 3.55. The minimum atomic E-state index is -0.246. The predicted molar refractivity (Wildman–Crippen MR) is 76.1 cm³/mol. The molecule has 0 aliphatic rings. The molecule has 1 amide bonds. The molecule has 0 spiro atoms. The van der Waals surface area contributed by atoms with Crippen LogP contribution in [0, 0.1) is 6.92 Å². The molecule has 0 unspecified atom stereocenters. The number of nitrogens with zero attached hydrogens (tertiary/aromatic N) is 2. The van der Waals surface area contributed by atoms with E-state index in [2.05, 4.69) is 17.3 Å². The van der Waals surface area contributed by atoms with Crippen molar-refractivity contribution >= 4 is 17.3 Å². The van der Waals surface area contributed by atoms with E-state index in [1.54, 1.807) is 14.0 Å². The van der Waals surface area contributed by atoms with Crippen molar-refractivity contribution < 1.29 is 4.79 Å². The smallest absolute Gasteiger partial charge is 0.276 e. The molecule has 100 valence electrons. The minimum absolute atomic E-state index is 0.246. The molecule has 5 nitrogen and oxygen atoms in total. The molecule has 1 aromatic carbocycles. The lowest BCUT2D eigenvalue weighted by Crippen LogP contribution is -2.17. The van der Waals surface area contributed by atoms with Gasteiger partial charge in [0.25, 0.3) is 5.91 Å². The van der Waals surface area contributed by atoms with E-state index in [1.807, 2.05) is 24.3 Å². The van der Waals surface area contributed by atoms with E-state index in [4.69, 9.17) is 5.73 Å². The molecule has 5 heteroatoms. The van der Waals surface area contributed by atoms with Crippen LogP contribution in [-0.4, -0.2) is 15.7 Å². The van der Waals surface area contributed by atoms with Gasteiger partial charge < -0.3 is 11.1 Å². The normalized spacial score (nSPS) is 10.5. The molecule has 2 rings (SSSR count). The maximum Gasteiger partial charge on any atom is 0.276 e. The summed E-state index contributed by atoms with van der Waals surface area (Å²) in [6.45, 7) is 3.87. The zero-order chi connectivity index (χ0) is 14.0. The summed E-state index contributed by atoms with van der Waals surface area (Å²) in [5.41, 5.74) is 9.31. The van der Waals surface area contributed by atoms with Crippen LogP contribution in [0.3, 0.4) is 0 Å². The zero-order valence-electron chi connectivity index (χ0n) is 11.4. The van der Waals surface area contributed by atoms with E-state index >= 15 is 0 Å².